The van der Waals surface area contributed by atoms with Crippen molar-refractivity contribution in [3.63, 3.8) is 0 Å². The molecule has 0 saturated carbocycles. The van der Waals surface area contributed by atoms with E-state index < -0.39 is 0 Å². The molecule has 20 heavy (non-hydrogen) atoms. The SMILES string of the molecule is COc1ccc(-n2c(C)ccc2-c2ccccc2)cc1. The summed E-state index contributed by atoms with van der Waals surface area (Å²) in [7, 11) is 1.69. The van der Waals surface area contributed by atoms with E-state index in [2.05, 4.69) is 60.0 Å². The molecule has 1 aromatic heterocycles. The number of ether oxygens (including phenoxy) is 1. The van der Waals surface area contributed by atoms with Gasteiger partial charge in [-0.05, 0) is 48.9 Å². The number of methoxy groups -OCH3 is 1. The van der Waals surface area contributed by atoms with E-state index in [0.717, 1.165) is 11.4 Å². The van der Waals surface area contributed by atoms with E-state index in [4.69, 9.17) is 4.74 Å². The van der Waals surface area contributed by atoms with Gasteiger partial charge in [0, 0.05) is 11.4 Å². The summed E-state index contributed by atoms with van der Waals surface area (Å²) < 4.78 is 7.48. The van der Waals surface area contributed by atoms with Gasteiger partial charge in [-0.2, -0.15) is 0 Å². The number of hydrogen-bond acceptors (Lipinski definition) is 1. The second-order valence-corrected chi connectivity index (χ2v) is 4.76. The molecule has 0 spiro atoms. The predicted molar refractivity (Wildman–Crippen MR) is 82.5 cm³/mol. The number of nitrogens with zero attached hydrogens (tertiary/aromatic N) is 1. The normalized spacial score (nSPS) is 10.5. The van der Waals surface area contributed by atoms with Gasteiger partial charge in [0.25, 0.3) is 0 Å². The van der Waals surface area contributed by atoms with Gasteiger partial charge in [0.2, 0.25) is 0 Å². The lowest BCUT2D eigenvalue weighted by molar-refractivity contribution is 0.414. The minimum atomic E-state index is 0.875. The van der Waals surface area contributed by atoms with Crippen molar-refractivity contribution in [3.8, 4) is 22.7 Å². The van der Waals surface area contributed by atoms with E-state index in [1.54, 1.807) is 7.11 Å². The van der Waals surface area contributed by atoms with E-state index in [1.807, 2.05) is 18.2 Å². The van der Waals surface area contributed by atoms with Gasteiger partial charge in [0.1, 0.15) is 5.75 Å². The minimum Gasteiger partial charge on any atom is -0.497 e. The van der Waals surface area contributed by atoms with Crippen LogP contribution in [-0.2, 0) is 0 Å². The van der Waals surface area contributed by atoms with E-state index in [-0.39, 0.29) is 0 Å². The molecule has 0 unspecified atom stereocenters. The smallest absolute Gasteiger partial charge is 0.119 e. The fourth-order valence-corrected chi connectivity index (χ4v) is 2.45. The van der Waals surface area contributed by atoms with Gasteiger partial charge in [-0.1, -0.05) is 30.3 Å². The lowest BCUT2D eigenvalue weighted by Gasteiger charge is -2.12. The standard InChI is InChI=1S/C18H17NO/c1-14-8-13-18(15-6-4-3-5-7-15)19(14)16-9-11-17(20-2)12-10-16/h3-13H,1-2H3. The van der Waals surface area contributed by atoms with Crippen LogP contribution in [0.25, 0.3) is 16.9 Å². The van der Waals surface area contributed by atoms with E-state index in [0.29, 0.717) is 0 Å². The Bertz CT molecular complexity index is 696. The molecule has 100 valence electrons. The van der Waals surface area contributed by atoms with Gasteiger partial charge in [-0.25, -0.2) is 0 Å². The second-order valence-electron chi connectivity index (χ2n) is 4.76. The van der Waals surface area contributed by atoms with Crippen molar-refractivity contribution in [3.05, 3.63) is 72.4 Å². The summed E-state index contributed by atoms with van der Waals surface area (Å²) >= 11 is 0. The van der Waals surface area contributed by atoms with Crippen LogP contribution in [0.1, 0.15) is 5.69 Å². The monoisotopic (exact) mass is 263 g/mol. The summed E-state index contributed by atoms with van der Waals surface area (Å²) in [5.41, 5.74) is 4.78. The fourth-order valence-electron chi connectivity index (χ4n) is 2.45. The van der Waals surface area contributed by atoms with Crippen molar-refractivity contribution in [2.24, 2.45) is 0 Å². The van der Waals surface area contributed by atoms with Crippen LogP contribution in [0.3, 0.4) is 0 Å². The molecule has 3 rings (SSSR count). The average Bonchev–Trinajstić information content (AvgIpc) is 2.90. The number of aryl methyl sites for hydroxylation is 1. The first-order chi connectivity index (χ1) is 9.79. The molecular weight excluding hydrogens is 246 g/mol. The molecule has 0 radical (unpaired) electrons. The first-order valence-corrected chi connectivity index (χ1v) is 6.68. The van der Waals surface area contributed by atoms with Gasteiger partial charge in [0.05, 0.1) is 12.8 Å². The van der Waals surface area contributed by atoms with E-state index in [9.17, 15) is 0 Å². The first-order valence-electron chi connectivity index (χ1n) is 6.68. The molecule has 0 aliphatic rings. The number of hydrogen-bond donors (Lipinski definition) is 0. The molecule has 0 aliphatic carbocycles. The third-order valence-corrected chi connectivity index (χ3v) is 3.48. The summed E-state index contributed by atoms with van der Waals surface area (Å²) in [6.45, 7) is 2.12. The van der Waals surface area contributed by atoms with Crippen LogP contribution < -0.4 is 4.74 Å². The molecule has 2 aromatic carbocycles. The summed E-state index contributed by atoms with van der Waals surface area (Å²) in [5.74, 6) is 0.875. The molecular formula is C18H17NO. The summed E-state index contributed by atoms with van der Waals surface area (Å²) in [5, 5.41) is 0. The molecule has 2 heteroatoms. The van der Waals surface area contributed by atoms with Crippen molar-refractivity contribution >= 4 is 0 Å². The third-order valence-electron chi connectivity index (χ3n) is 3.48. The Morgan fingerprint density at radius 1 is 0.800 bits per heavy atom. The van der Waals surface area contributed by atoms with Crippen LogP contribution >= 0.6 is 0 Å². The zero-order chi connectivity index (χ0) is 13.9. The molecule has 3 aromatic rings. The van der Waals surface area contributed by atoms with Crippen LogP contribution in [0, 0.1) is 6.92 Å². The maximum atomic E-state index is 5.22. The first kappa shape index (κ1) is 12.5. The summed E-state index contributed by atoms with van der Waals surface area (Å²) in [6.07, 6.45) is 0. The molecule has 0 fully saturated rings. The topological polar surface area (TPSA) is 14.2 Å². The zero-order valence-electron chi connectivity index (χ0n) is 11.7. The zero-order valence-corrected chi connectivity index (χ0v) is 11.7. The van der Waals surface area contributed by atoms with Crippen LogP contribution in [0.15, 0.2) is 66.7 Å². The van der Waals surface area contributed by atoms with Gasteiger partial charge in [0.15, 0.2) is 0 Å². The molecule has 0 amide bonds. The highest BCUT2D eigenvalue weighted by Gasteiger charge is 2.09. The van der Waals surface area contributed by atoms with Crippen molar-refractivity contribution in [1.29, 1.82) is 0 Å². The largest absolute Gasteiger partial charge is 0.497 e. The Hall–Kier alpha value is -2.48. The number of rotatable bonds is 3. The van der Waals surface area contributed by atoms with Crippen LogP contribution in [-0.4, -0.2) is 11.7 Å². The number of benzene rings is 2. The quantitative estimate of drug-likeness (QED) is 0.680. The molecule has 0 N–H and O–H groups in total. The summed E-state index contributed by atoms with van der Waals surface area (Å²) in [6, 6.07) is 22.9. The lowest BCUT2D eigenvalue weighted by atomic mass is 10.1. The molecule has 0 aliphatic heterocycles. The van der Waals surface area contributed by atoms with Gasteiger partial charge >= 0.3 is 0 Å². The highest BCUT2D eigenvalue weighted by molar-refractivity contribution is 5.64. The van der Waals surface area contributed by atoms with Crippen LogP contribution in [0.2, 0.25) is 0 Å². The minimum absolute atomic E-state index is 0.875. The van der Waals surface area contributed by atoms with Crippen molar-refractivity contribution in [2.45, 2.75) is 6.92 Å². The third kappa shape index (κ3) is 2.21. The van der Waals surface area contributed by atoms with Crippen molar-refractivity contribution in [2.75, 3.05) is 7.11 Å². The van der Waals surface area contributed by atoms with Gasteiger partial charge < -0.3 is 9.30 Å². The summed E-state index contributed by atoms with van der Waals surface area (Å²) in [4.78, 5) is 0. The van der Waals surface area contributed by atoms with Crippen molar-refractivity contribution in [1.82, 2.24) is 4.57 Å². The van der Waals surface area contributed by atoms with Crippen molar-refractivity contribution < 1.29 is 4.74 Å². The highest BCUT2D eigenvalue weighted by atomic mass is 16.5. The Kier molecular flexibility index (Phi) is 3.30. The predicted octanol–water partition coefficient (Wildman–Crippen LogP) is 4.46. The van der Waals surface area contributed by atoms with Gasteiger partial charge in [-0.15, -0.1) is 0 Å². The highest BCUT2D eigenvalue weighted by Crippen LogP contribution is 2.27. The molecule has 1 heterocycles. The van der Waals surface area contributed by atoms with Crippen LogP contribution in [0.5, 0.6) is 5.75 Å². The Morgan fingerprint density at radius 2 is 1.50 bits per heavy atom. The molecule has 0 atom stereocenters. The van der Waals surface area contributed by atoms with Crippen LogP contribution in [0.4, 0.5) is 0 Å². The maximum Gasteiger partial charge on any atom is 0.119 e. The Balaban J connectivity index is 2.11. The molecule has 0 bridgehead atoms. The average molecular weight is 263 g/mol. The number of aromatic nitrogens is 1. The van der Waals surface area contributed by atoms with E-state index >= 15 is 0 Å². The molecule has 2 nitrogen and oxygen atoms in total. The second kappa shape index (κ2) is 5.25. The Morgan fingerprint density at radius 3 is 2.15 bits per heavy atom. The van der Waals surface area contributed by atoms with E-state index in [1.165, 1.54) is 17.0 Å². The lowest BCUT2D eigenvalue weighted by Crippen LogP contribution is -1.98. The van der Waals surface area contributed by atoms with Gasteiger partial charge in [-0.3, -0.25) is 0 Å². The molecule has 0 saturated heterocycles. The maximum absolute atomic E-state index is 5.22. The Labute approximate surface area is 119 Å². The fraction of sp³-hybridized carbons (Fsp3) is 0.111.